The van der Waals surface area contributed by atoms with Crippen molar-refractivity contribution in [1.29, 1.82) is 0 Å². The van der Waals surface area contributed by atoms with Crippen LogP contribution in [-0.2, 0) is 24.5 Å². The highest BCUT2D eigenvalue weighted by Gasteiger charge is 2.34. The lowest BCUT2D eigenvalue weighted by molar-refractivity contribution is -0.138. The number of aliphatic imine (C=N–C) groups is 1. The number of hydrogen-bond acceptors (Lipinski definition) is 3. The Hall–Kier alpha value is -1.89. The van der Waals surface area contributed by atoms with Crippen LogP contribution >= 0.6 is 24.0 Å². The van der Waals surface area contributed by atoms with Gasteiger partial charge in [-0.25, -0.2) is 4.39 Å². The summed E-state index contributed by atoms with van der Waals surface area (Å²) in [6, 6.07) is 2.66. The monoisotopic (exact) mass is 527 g/mol. The number of rotatable bonds is 3. The summed E-state index contributed by atoms with van der Waals surface area (Å²) in [7, 11) is 3.37. The Balaban J connectivity index is 0.00000300. The minimum atomic E-state index is -4.63. The number of aromatic nitrogens is 2. The maximum Gasteiger partial charge on any atom is 0.416 e. The van der Waals surface area contributed by atoms with Gasteiger partial charge in [-0.1, -0.05) is 6.07 Å². The van der Waals surface area contributed by atoms with E-state index in [1.54, 1.807) is 17.9 Å². The molecular weight excluding hydrogens is 505 g/mol. The summed E-state index contributed by atoms with van der Waals surface area (Å²) in [6.07, 6.45) is -1.26. The average molecular weight is 527 g/mol. The zero-order chi connectivity index (χ0) is 20.3. The molecule has 1 saturated heterocycles. The summed E-state index contributed by atoms with van der Waals surface area (Å²) in [5.41, 5.74) is -0.127. The molecule has 0 spiro atoms. The molecule has 1 atom stereocenters. The molecule has 1 unspecified atom stereocenters. The summed E-state index contributed by atoms with van der Waals surface area (Å²) in [4.78, 5) is 6.08. The Morgan fingerprint density at radius 2 is 2.14 bits per heavy atom. The molecule has 0 amide bonds. The van der Waals surface area contributed by atoms with E-state index in [9.17, 15) is 17.6 Å². The molecular formula is C18H22F4IN5O. The fraction of sp³-hybridized carbons (Fsp3) is 0.444. The lowest BCUT2D eigenvalue weighted by atomic mass is 10.1. The number of nitrogens with one attached hydrogen (secondary N) is 1. The zero-order valence-electron chi connectivity index (χ0n) is 15.9. The molecule has 29 heavy (non-hydrogen) atoms. The molecule has 11 heteroatoms. The Kier molecular flexibility index (Phi) is 7.86. The summed E-state index contributed by atoms with van der Waals surface area (Å²) < 4.78 is 60.2. The second-order valence-electron chi connectivity index (χ2n) is 6.45. The van der Waals surface area contributed by atoms with Crippen LogP contribution in [0.1, 0.15) is 22.8 Å². The molecule has 6 nitrogen and oxygen atoms in total. The molecule has 1 aliphatic heterocycles. The number of hydrogen-bond donors (Lipinski definition) is 1. The van der Waals surface area contributed by atoms with Gasteiger partial charge in [0, 0.05) is 38.9 Å². The largest absolute Gasteiger partial charge is 0.416 e. The number of alkyl halides is 3. The van der Waals surface area contributed by atoms with Gasteiger partial charge in [0.1, 0.15) is 11.9 Å². The van der Waals surface area contributed by atoms with Gasteiger partial charge in [-0.05, 0) is 17.7 Å². The van der Waals surface area contributed by atoms with Crippen LogP contribution < -0.4 is 5.32 Å². The van der Waals surface area contributed by atoms with Crippen LogP contribution in [0.4, 0.5) is 17.6 Å². The lowest BCUT2D eigenvalue weighted by Crippen LogP contribution is -2.48. The molecule has 2 aromatic rings. The van der Waals surface area contributed by atoms with Gasteiger partial charge in [0.2, 0.25) is 0 Å². The highest BCUT2D eigenvalue weighted by atomic mass is 127. The molecule has 1 aromatic carbocycles. The third-order valence-electron chi connectivity index (χ3n) is 4.49. The smallest absolute Gasteiger partial charge is 0.370 e. The van der Waals surface area contributed by atoms with E-state index in [0.29, 0.717) is 31.7 Å². The van der Waals surface area contributed by atoms with Gasteiger partial charge < -0.3 is 15.0 Å². The van der Waals surface area contributed by atoms with Crippen molar-refractivity contribution < 1.29 is 22.3 Å². The Labute approximate surface area is 182 Å². The second kappa shape index (κ2) is 9.74. The zero-order valence-corrected chi connectivity index (χ0v) is 18.2. The minimum Gasteiger partial charge on any atom is -0.370 e. The van der Waals surface area contributed by atoms with E-state index >= 15 is 0 Å². The molecule has 160 valence electrons. The topological polar surface area (TPSA) is 54.7 Å². The van der Waals surface area contributed by atoms with Gasteiger partial charge in [-0.3, -0.25) is 9.67 Å². The molecule has 1 fully saturated rings. The first-order valence-electron chi connectivity index (χ1n) is 8.69. The predicted molar refractivity (Wildman–Crippen MR) is 110 cm³/mol. The van der Waals surface area contributed by atoms with Gasteiger partial charge in [-0.2, -0.15) is 18.3 Å². The first-order chi connectivity index (χ1) is 13.3. The predicted octanol–water partition coefficient (Wildman–Crippen LogP) is 3.34. The van der Waals surface area contributed by atoms with Gasteiger partial charge in [-0.15, -0.1) is 24.0 Å². The lowest BCUT2D eigenvalue weighted by Gasteiger charge is -2.34. The van der Waals surface area contributed by atoms with E-state index in [-0.39, 0.29) is 42.2 Å². The number of nitrogens with zero attached hydrogens (tertiary/aromatic N) is 4. The van der Waals surface area contributed by atoms with E-state index in [2.05, 4.69) is 15.4 Å². The van der Waals surface area contributed by atoms with Crippen LogP contribution in [0.25, 0.3) is 0 Å². The number of ether oxygens (including phenoxy) is 1. The fourth-order valence-electron chi connectivity index (χ4n) is 3.12. The van der Waals surface area contributed by atoms with E-state index < -0.39 is 17.6 Å². The maximum absolute atomic E-state index is 13.3. The number of benzene rings is 1. The Morgan fingerprint density at radius 1 is 1.38 bits per heavy atom. The van der Waals surface area contributed by atoms with Crippen LogP contribution in [-0.4, -0.2) is 47.4 Å². The van der Waals surface area contributed by atoms with Crippen LogP contribution in [0, 0.1) is 5.82 Å². The standard InChI is InChI=1S/C18H21F4N5O.HI/c1-23-17(24-8-12-3-4-14(19)7-15(12)18(20,21)22)27-5-6-28-16(11-27)13-9-25-26(2)10-13;/h3-4,7,9-10,16H,5-6,8,11H2,1-2H3,(H,23,24);1H. The molecule has 1 aromatic heterocycles. The molecule has 0 radical (unpaired) electrons. The Bertz CT molecular complexity index is 855. The second-order valence-corrected chi connectivity index (χ2v) is 6.45. The van der Waals surface area contributed by atoms with Crippen molar-refractivity contribution >= 4 is 29.9 Å². The molecule has 0 bridgehead atoms. The fourth-order valence-corrected chi connectivity index (χ4v) is 3.12. The SMILES string of the molecule is CN=C(NCc1ccc(F)cc1C(F)(F)F)N1CCOC(c2cnn(C)c2)C1.I. The summed E-state index contributed by atoms with van der Waals surface area (Å²) in [5, 5.41) is 7.07. The van der Waals surface area contributed by atoms with Gasteiger partial charge in [0.05, 0.1) is 24.9 Å². The molecule has 3 rings (SSSR count). The minimum absolute atomic E-state index is 0. The van der Waals surface area contributed by atoms with Crippen LogP contribution in [0.15, 0.2) is 35.6 Å². The van der Waals surface area contributed by atoms with Crippen LogP contribution in [0.5, 0.6) is 0 Å². The van der Waals surface area contributed by atoms with Crippen molar-refractivity contribution in [2.24, 2.45) is 12.0 Å². The van der Waals surface area contributed by atoms with Crippen molar-refractivity contribution in [3.63, 3.8) is 0 Å². The van der Waals surface area contributed by atoms with Crippen molar-refractivity contribution in [2.45, 2.75) is 18.8 Å². The van der Waals surface area contributed by atoms with E-state index in [0.717, 1.165) is 17.7 Å². The highest BCUT2D eigenvalue weighted by molar-refractivity contribution is 14.0. The van der Waals surface area contributed by atoms with E-state index in [1.807, 2.05) is 18.1 Å². The molecule has 0 saturated carbocycles. The van der Waals surface area contributed by atoms with Gasteiger partial charge in [0.15, 0.2) is 5.96 Å². The molecule has 1 N–H and O–H groups in total. The quantitative estimate of drug-likeness (QED) is 0.288. The molecule has 1 aliphatic rings. The van der Waals surface area contributed by atoms with Crippen LogP contribution in [0.2, 0.25) is 0 Å². The molecule has 2 heterocycles. The van der Waals surface area contributed by atoms with Gasteiger partial charge in [0.25, 0.3) is 0 Å². The highest BCUT2D eigenvalue weighted by Crippen LogP contribution is 2.32. The van der Waals surface area contributed by atoms with Crippen molar-refractivity contribution in [1.82, 2.24) is 20.0 Å². The first-order valence-corrected chi connectivity index (χ1v) is 8.69. The van der Waals surface area contributed by atoms with E-state index in [1.165, 1.54) is 0 Å². The third kappa shape index (κ3) is 5.81. The number of halogens is 5. The normalized spacial score (nSPS) is 17.8. The summed E-state index contributed by atoms with van der Waals surface area (Å²) in [5.74, 6) is -0.470. The van der Waals surface area contributed by atoms with E-state index in [4.69, 9.17) is 4.74 Å². The van der Waals surface area contributed by atoms with Crippen molar-refractivity contribution in [3.05, 3.63) is 53.1 Å². The van der Waals surface area contributed by atoms with Crippen LogP contribution in [0.3, 0.4) is 0 Å². The number of aryl methyl sites for hydroxylation is 1. The van der Waals surface area contributed by atoms with Gasteiger partial charge >= 0.3 is 6.18 Å². The number of guanidine groups is 1. The first kappa shape index (κ1) is 23.4. The van der Waals surface area contributed by atoms with Crippen molar-refractivity contribution in [3.8, 4) is 0 Å². The Morgan fingerprint density at radius 3 is 2.76 bits per heavy atom. The summed E-state index contributed by atoms with van der Waals surface area (Å²) in [6.45, 7) is 1.36. The summed E-state index contributed by atoms with van der Waals surface area (Å²) >= 11 is 0. The van der Waals surface area contributed by atoms with Crippen molar-refractivity contribution in [2.75, 3.05) is 26.7 Å². The number of morpholine rings is 1. The average Bonchev–Trinajstić information content (AvgIpc) is 3.09. The third-order valence-corrected chi connectivity index (χ3v) is 4.49. The maximum atomic E-state index is 13.3. The molecule has 0 aliphatic carbocycles.